The van der Waals surface area contributed by atoms with Crippen LogP contribution in [0.5, 0.6) is 0 Å². The monoisotopic (exact) mass is 258 g/mol. The maximum Gasteiger partial charge on any atom is 0.306 e. The molecule has 1 atom stereocenters. The van der Waals surface area contributed by atoms with Crippen molar-refractivity contribution in [2.75, 3.05) is 0 Å². The van der Waals surface area contributed by atoms with Crippen molar-refractivity contribution in [2.24, 2.45) is 5.92 Å². The Kier molecular flexibility index (Phi) is 3.57. The van der Waals surface area contributed by atoms with E-state index in [-0.39, 0.29) is 0 Å². The quantitative estimate of drug-likeness (QED) is 0.899. The fourth-order valence-corrected chi connectivity index (χ4v) is 1.21. The molecule has 0 radical (unpaired) electrons. The van der Waals surface area contributed by atoms with Crippen LogP contribution in [-0.4, -0.2) is 21.0 Å². The van der Waals surface area contributed by atoms with Crippen LogP contribution in [0.4, 0.5) is 0 Å². The average Bonchev–Trinajstić information content (AvgIpc) is 2.11. The van der Waals surface area contributed by atoms with E-state index in [1.54, 1.807) is 13.1 Å². The summed E-state index contributed by atoms with van der Waals surface area (Å²) in [6.07, 6.45) is 2.01. The lowest BCUT2D eigenvalue weighted by molar-refractivity contribution is -0.141. The second-order valence-corrected chi connectivity index (χ2v) is 3.93. The molecule has 0 spiro atoms. The Morgan fingerprint density at radius 2 is 2.36 bits per heavy atom. The van der Waals surface area contributed by atoms with Crippen LogP contribution in [0, 0.1) is 12.8 Å². The fourth-order valence-electron chi connectivity index (χ4n) is 1.01. The summed E-state index contributed by atoms with van der Waals surface area (Å²) in [6, 6.07) is 0. The van der Waals surface area contributed by atoms with Gasteiger partial charge < -0.3 is 5.11 Å². The Hall–Kier alpha value is -0.970. The summed E-state index contributed by atoms with van der Waals surface area (Å²) in [4.78, 5) is 18.9. The van der Waals surface area contributed by atoms with E-state index in [0.717, 1.165) is 5.69 Å². The van der Waals surface area contributed by atoms with Crippen LogP contribution < -0.4 is 0 Å². The van der Waals surface area contributed by atoms with Gasteiger partial charge in [-0.1, -0.05) is 6.92 Å². The summed E-state index contributed by atoms with van der Waals surface area (Å²) < 4.78 is 0.698. The molecule has 0 amide bonds. The van der Waals surface area contributed by atoms with E-state index in [4.69, 9.17) is 5.11 Å². The van der Waals surface area contributed by atoms with Crippen LogP contribution in [0.2, 0.25) is 0 Å². The third-order valence-electron chi connectivity index (χ3n) is 1.87. The molecule has 0 aliphatic rings. The number of carboxylic acid groups (broad SMARTS) is 1. The second kappa shape index (κ2) is 4.50. The lowest BCUT2D eigenvalue weighted by atomic mass is 10.1. The highest BCUT2D eigenvalue weighted by molar-refractivity contribution is 9.10. The summed E-state index contributed by atoms with van der Waals surface area (Å²) in [5.41, 5.74) is 1.49. The number of rotatable bonds is 3. The molecule has 1 aromatic heterocycles. The first kappa shape index (κ1) is 11.1. The van der Waals surface area contributed by atoms with Gasteiger partial charge in [-0.15, -0.1) is 0 Å². The zero-order valence-corrected chi connectivity index (χ0v) is 9.58. The molecule has 1 N–H and O–H groups in total. The van der Waals surface area contributed by atoms with Gasteiger partial charge in [0.05, 0.1) is 17.3 Å². The molecule has 0 saturated heterocycles. The van der Waals surface area contributed by atoms with Crippen molar-refractivity contribution in [3.63, 3.8) is 0 Å². The summed E-state index contributed by atoms with van der Waals surface area (Å²) in [5.74, 6) is -1.24. The van der Waals surface area contributed by atoms with E-state index in [1.165, 1.54) is 0 Å². The molecule has 0 bridgehead atoms. The number of carboxylic acids is 1. The Morgan fingerprint density at radius 1 is 1.71 bits per heavy atom. The Balaban J connectivity index is 2.78. The molecule has 14 heavy (non-hydrogen) atoms. The van der Waals surface area contributed by atoms with Gasteiger partial charge in [-0.2, -0.15) is 0 Å². The third-order valence-corrected chi connectivity index (χ3v) is 2.65. The first-order chi connectivity index (χ1) is 6.50. The molecule has 1 rings (SSSR count). The molecule has 0 fully saturated rings. The first-order valence-electron chi connectivity index (χ1n) is 4.21. The minimum absolute atomic E-state index is 0.413. The standard InChI is InChI=1S/C9H11BrN2O2/c1-5(9(13)14)3-7-4-11-8(10)6(2)12-7/h4-5H,3H2,1-2H3,(H,13,14). The molecule has 5 heteroatoms. The average molecular weight is 259 g/mol. The molecule has 76 valence electrons. The number of nitrogens with zero attached hydrogens (tertiary/aromatic N) is 2. The van der Waals surface area contributed by atoms with E-state index < -0.39 is 11.9 Å². The highest BCUT2D eigenvalue weighted by atomic mass is 79.9. The van der Waals surface area contributed by atoms with Gasteiger partial charge in [0.25, 0.3) is 0 Å². The van der Waals surface area contributed by atoms with Gasteiger partial charge >= 0.3 is 5.97 Å². The van der Waals surface area contributed by atoms with E-state index >= 15 is 0 Å². The molecule has 1 heterocycles. The van der Waals surface area contributed by atoms with Crippen molar-refractivity contribution < 1.29 is 9.90 Å². The zero-order chi connectivity index (χ0) is 10.7. The van der Waals surface area contributed by atoms with Gasteiger partial charge in [-0.3, -0.25) is 9.78 Å². The van der Waals surface area contributed by atoms with Crippen molar-refractivity contribution in [3.05, 3.63) is 22.2 Å². The van der Waals surface area contributed by atoms with Crippen molar-refractivity contribution in [3.8, 4) is 0 Å². The lowest BCUT2D eigenvalue weighted by Gasteiger charge is -2.05. The van der Waals surface area contributed by atoms with Gasteiger partial charge in [-0.05, 0) is 22.9 Å². The smallest absolute Gasteiger partial charge is 0.306 e. The van der Waals surface area contributed by atoms with E-state index in [1.807, 2.05) is 6.92 Å². The number of carbonyl (C=O) groups is 1. The third kappa shape index (κ3) is 2.77. The minimum Gasteiger partial charge on any atom is -0.481 e. The Labute approximate surface area is 90.5 Å². The van der Waals surface area contributed by atoms with Gasteiger partial charge in [0.1, 0.15) is 4.60 Å². The minimum atomic E-state index is -0.813. The number of halogens is 1. The number of aliphatic carboxylic acids is 1. The second-order valence-electron chi connectivity index (χ2n) is 3.18. The fraction of sp³-hybridized carbons (Fsp3) is 0.444. The highest BCUT2D eigenvalue weighted by Gasteiger charge is 2.13. The van der Waals surface area contributed by atoms with Crippen molar-refractivity contribution in [1.82, 2.24) is 9.97 Å². The first-order valence-corrected chi connectivity index (χ1v) is 5.01. The lowest BCUT2D eigenvalue weighted by Crippen LogP contribution is -2.13. The molecule has 0 aliphatic heterocycles. The number of aryl methyl sites for hydroxylation is 1. The van der Waals surface area contributed by atoms with Gasteiger partial charge in [-0.25, -0.2) is 4.98 Å². The summed E-state index contributed by atoms with van der Waals surface area (Å²) in [6.45, 7) is 3.48. The van der Waals surface area contributed by atoms with Crippen molar-refractivity contribution in [2.45, 2.75) is 20.3 Å². The van der Waals surface area contributed by atoms with E-state index in [0.29, 0.717) is 16.7 Å². The molecular formula is C9H11BrN2O2. The van der Waals surface area contributed by atoms with Crippen LogP contribution in [0.25, 0.3) is 0 Å². The number of aromatic nitrogens is 2. The van der Waals surface area contributed by atoms with Gasteiger partial charge in [0.15, 0.2) is 0 Å². The number of hydrogen-bond donors (Lipinski definition) is 1. The summed E-state index contributed by atoms with van der Waals surface area (Å²) >= 11 is 3.23. The Bertz CT molecular complexity index is 355. The molecule has 0 aliphatic carbocycles. The van der Waals surface area contributed by atoms with Gasteiger partial charge in [0.2, 0.25) is 0 Å². The maximum absolute atomic E-state index is 10.6. The van der Waals surface area contributed by atoms with Crippen LogP contribution >= 0.6 is 15.9 Å². The molecule has 1 unspecified atom stereocenters. The van der Waals surface area contributed by atoms with Crippen LogP contribution in [0.3, 0.4) is 0 Å². The van der Waals surface area contributed by atoms with Gasteiger partial charge in [0, 0.05) is 12.6 Å². The van der Waals surface area contributed by atoms with Crippen LogP contribution in [0.1, 0.15) is 18.3 Å². The van der Waals surface area contributed by atoms with E-state index in [2.05, 4.69) is 25.9 Å². The predicted molar refractivity (Wildman–Crippen MR) is 55.0 cm³/mol. The zero-order valence-electron chi connectivity index (χ0n) is 7.99. The van der Waals surface area contributed by atoms with Crippen LogP contribution in [0.15, 0.2) is 10.8 Å². The van der Waals surface area contributed by atoms with E-state index in [9.17, 15) is 4.79 Å². The predicted octanol–water partition coefficient (Wildman–Crippen LogP) is 1.81. The number of hydrogen-bond acceptors (Lipinski definition) is 3. The largest absolute Gasteiger partial charge is 0.481 e. The summed E-state index contributed by atoms with van der Waals surface area (Å²) in [5, 5.41) is 8.71. The van der Waals surface area contributed by atoms with Crippen molar-refractivity contribution >= 4 is 21.9 Å². The summed E-state index contributed by atoms with van der Waals surface area (Å²) in [7, 11) is 0. The molecule has 0 aromatic carbocycles. The molecular weight excluding hydrogens is 248 g/mol. The van der Waals surface area contributed by atoms with Crippen molar-refractivity contribution in [1.29, 1.82) is 0 Å². The SMILES string of the molecule is Cc1nc(CC(C)C(=O)O)cnc1Br. The molecule has 0 saturated carbocycles. The van der Waals surface area contributed by atoms with Crippen LogP contribution in [-0.2, 0) is 11.2 Å². The Morgan fingerprint density at radius 3 is 2.86 bits per heavy atom. The molecule has 4 nitrogen and oxygen atoms in total. The highest BCUT2D eigenvalue weighted by Crippen LogP contribution is 2.12. The topological polar surface area (TPSA) is 63.1 Å². The normalized spacial score (nSPS) is 12.5. The molecule has 1 aromatic rings. The maximum atomic E-state index is 10.6.